The third-order valence-electron chi connectivity index (χ3n) is 2.17. The molecule has 1 heterocycles. The number of carbonyl (C=O) groups excluding carboxylic acids is 2. The molecule has 0 aliphatic heterocycles. The third-order valence-corrected chi connectivity index (χ3v) is 3.06. The Labute approximate surface area is 117 Å². The molecule has 0 radical (unpaired) electrons. The molecule has 1 rings (SSSR count). The topological polar surface area (TPSA) is 52.6 Å². The van der Waals surface area contributed by atoms with Gasteiger partial charge in [0.2, 0.25) is 0 Å². The first-order valence-corrected chi connectivity index (χ1v) is 7.21. The van der Waals surface area contributed by atoms with Crippen molar-refractivity contribution in [3.63, 3.8) is 0 Å². The fourth-order valence-corrected chi connectivity index (χ4v) is 2.03. The van der Waals surface area contributed by atoms with Crippen LogP contribution in [0.1, 0.15) is 47.7 Å². The van der Waals surface area contributed by atoms with Crippen molar-refractivity contribution >= 4 is 23.3 Å². The number of thiophene rings is 1. The molecular formula is C14H20O4S. The molecule has 1 aromatic heterocycles. The minimum absolute atomic E-state index is 0.263. The number of hydrogen-bond acceptors (Lipinski definition) is 5. The highest BCUT2D eigenvalue weighted by Gasteiger charge is 2.21. The van der Waals surface area contributed by atoms with E-state index in [1.807, 2.05) is 27.7 Å². The lowest BCUT2D eigenvalue weighted by molar-refractivity contribution is 0.0417. The van der Waals surface area contributed by atoms with E-state index in [1.54, 1.807) is 11.4 Å². The van der Waals surface area contributed by atoms with Gasteiger partial charge in [0.25, 0.3) is 0 Å². The molecule has 0 N–H and O–H groups in total. The molecule has 1 aromatic rings. The van der Waals surface area contributed by atoms with E-state index in [2.05, 4.69) is 0 Å². The number of esters is 2. The Balaban J connectivity index is 2.68. The zero-order valence-electron chi connectivity index (χ0n) is 11.8. The van der Waals surface area contributed by atoms with Crippen LogP contribution in [0.3, 0.4) is 0 Å². The van der Waals surface area contributed by atoms with Crippen LogP contribution in [0.2, 0.25) is 0 Å². The molecule has 106 valence electrons. The Morgan fingerprint density at radius 1 is 1.05 bits per heavy atom. The molecule has 0 saturated heterocycles. The summed E-state index contributed by atoms with van der Waals surface area (Å²) in [6.45, 7) is 8.52. The Morgan fingerprint density at radius 2 is 1.58 bits per heavy atom. The van der Waals surface area contributed by atoms with Crippen molar-refractivity contribution in [1.29, 1.82) is 0 Å². The SMILES string of the molecule is CC(C)COC(=O)c1ccsc1C(=O)OCC(C)C. The Bertz CT molecular complexity index is 396. The van der Waals surface area contributed by atoms with E-state index >= 15 is 0 Å². The molecule has 0 saturated carbocycles. The second-order valence-corrected chi connectivity index (χ2v) is 6.06. The average Bonchev–Trinajstić information content (AvgIpc) is 2.82. The van der Waals surface area contributed by atoms with Gasteiger partial charge in [-0.2, -0.15) is 0 Å². The van der Waals surface area contributed by atoms with Crippen LogP contribution in [-0.4, -0.2) is 25.2 Å². The van der Waals surface area contributed by atoms with E-state index < -0.39 is 11.9 Å². The summed E-state index contributed by atoms with van der Waals surface area (Å²) in [6, 6.07) is 1.60. The van der Waals surface area contributed by atoms with E-state index in [-0.39, 0.29) is 11.8 Å². The largest absolute Gasteiger partial charge is 0.462 e. The minimum Gasteiger partial charge on any atom is -0.462 e. The third kappa shape index (κ3) is 5.03. The van der Waals surface area contributed by atoms with Gasteiger partial charge in [0, 0.05) is 0 Å². The summed E-state index contributed by atoms with van der Waals surface area (Å²) in [5.41, 5.74) is 0.291. The Morgan fingerprint density at radius 3 is 2.11 bits per heavy atom. The van der Waals surface area contributed by atoms with Crippen LogP contribution in [0, 0.1) is 11.8 Å². The van der Waals surface area contributed by atoms with Gasteiger partial charge in [0.1, 0.15) is 4.88 Å². The highest BCUT2D eigenvalue weighted by Crippen LogP contribution is 2.19. The van der Waals surface area contributed by atoms with Gasteiger partial charge in [-0.25, -0.2) is 9.59 Å². The second-order valence-electron chi connectivity index (χ2n) is 5.15. The summed E-state index contributed by atoms with van der Waals surface area (Å²) in [7, 11) is 0. The van der Waals surface area contributed by atoms with Crippen LogP contribution in [0.5, 0.6) is 0 Å². The molecule has 0 amide bonds. The lowest BCUT2D eigenvalue weighted by atomic mass is 10.2. The maximum atomic E-state index is 11.9. The van der Waals surface area contributed by atoms with Gasteiger partial charge in [-0.15, -0.1) is 11.3 Å². The quantitative estimate of drug-likeness (QED) is 0.751. The van der Waals surface area contributed by atoms with E-state index in [0.717, 1.165) is 0 Å². The summed E-state index contributed by atoms with van der Waals surface area (Å²) in [4.78, 5) is 24.0. The molecule has 0 fully saturated rings. The van der Waals surface area contributed by atoms with E-state index in [1.165, 1.54) is 11.3 Å². The maximum absolute atomic E-state index is 11.9. The Kier molecular flexibility index (Phi) is 6.02. The molecular weight excluding hydrogens is 264 g/mol. The highest BCUT2D eigenvalue weighted by atomic mass is 32.1. The average molecular weight is 284 g/mol. The van der Waals surface area contributed by atoms with Crippen molar-refractivity contribution in [2.24, 2.45) is 11.8 Å². The molecule has 5 heteroatoms. The standard InChI is InChI=1S/C14H20O4S/c1-9(2)7-17-13(15)11-5-6-19-12(11)14(16)18-8-10(3)4/h5-6,9-10H,7-8H2,1-4H3. The van der Waals surface area contributed by atoms with Crippen molar-refractivity contribution in [2.45, 2.75) is 27.7 Å². The molecule has 0 aliphatic carbocycles. The summed E-state index contributed by atoms with van der Waals surface area (Å²) in [5.74, 6) is -0.397. The lowest BCUT2D eigenvalue weighted by Crippen LogP contribution is -2.15. The van der Waals surface area contributed by atoms with Crippen LogP contribution in [-0.2, 0) is 9.47 Å². The second kappa shape index (κ2) is 7.28. The normalized spacial score (nSPS) is 10.8. The van der Waals surface area contributed by atoms with Crippen molar-refractivity contribution in [3.8, 4) is 0 Å². The summed E-state index contributed by atoms with van der Waals surface area (Å²) < 4.78 is 10.3. The van der Waals surface area contributed by atoms with E-state index in [9.17, 15) is 9.59 Å². The number of carbonyl (C=O) groups is 2. The molecule has 0 aliphatic rings. The van der Waals surface area contributed by atoms with Gasteiger partial charge in [0.05, 0.1) is 18.8 Å². The lowest BCUT2D eigenvalue weighted by Gasteiger charge is -2.09. The van der Waals surface area contributed by atoms with Crippen molar-refractivity contribution in [2.75, 3.05) is 13.2 Å². The molecule has 4 nitrogen and oxygen atoms in total. The number of rotatable bonds is 6. The van der Waals surface area contributed by atoms with Gasteiger partial charge in [0.15, 0.2) is 0 Å². The Hall–Kier alpha value is -1.36. The molecule has 0 bridgehead atoms. The van der Waals surface area contributed by atoms with E-state index in [0.29, 0.717) is 23.7 Å². The maximum Gasteiger partial charge on any atom is 0.349 e. The predicted molar refractivity (Wildman–Crippen MR) is 74.6 cm³/mol. The molecule has 19 heavy (non-hydrogen) atoms. The molecule has 0 unspecified atom stereocenters. The van der Waals surface area contributed by atoms with Gasteiger partial charge >= 0.3 is 11.9 Å². The van der Waals surface area contributed by atoms with Gasteiger partial charge in [-0.3, -0.25) is 0 Å². The van der Waals surface area contributed by atoms with Crippen LogP contribution >= 0.6 is 11.3 Å². The number of ether oxygens (including phenoxy) is 2. The fraction of sp³-hybridized carbons (Fsp3) is 0.571. The van der Waals surface area contributed by atoms with E-state index in [4.69, 9.17) is 9.47 Å². The highest BCUT2D eigenvalue weighted by molar-refractivity contribution is 7.12. The summed E-state index contributed by atoms with van der Waals surface area (Å²) in [5, 5.41) is 1.69. The van der Waals surface area contributed by atoms with Crippen LogP contribution in [0.4, 0.5) is 0 Å². The van der Waals surface area contributed by atoms with Crippen LogP contribution in [0.25, 0.3) is 0 Å². The molecule has 0 spiro atoms. The van der Waals surface area contributed by atoms with Crippen LogP contribution in [0.15, 0.2) is 11.4 Å². The summed E-state index contributed by atoms with van der Waals surface area (Å²) >= 11 is 1.20. The smallest absolute Gasteiger partial charge is 0.349 e. The minimum atomic E-state index is -0.466. The van der Waals surface area contributed by atoms with Crippen molar-refractivity contribution < 1.29 is 19.1 Å². The monoisotopic (exact) mass is 284 g/mol. The first kappa shape index (κ1) is 15.7. The first-order valence-electron chi connectivity index (χ1n) is 6.33. The number of hydrogen-bond donors (Lipinski definition) is 0. The molecule has 0 aromatic carbocycles. The fourth-order valence-electron chi connectivity index (χ4n) is 1.26. The van der Waals surface area contributed by atoms with Crippen molar-refractivity contribution in [1.82, 2.24) is 0 Å². The molecule has 0 atom stereocenters. The first-order chi connectivity index (χ1) is 8.91. The summed E-state index contributed by atoms with van der Waals surface area (Å²) in [6.07, 6.45) is 0. The van der Waals surface area contributed by atoms with Gasteiger partial charge in [-0.05, 0) is 23.3 Å². The predicted octanol–water partition coefficient (Wildman–Crippen LogP) is 3.37. The van der Waals surface area contributed by atoms with Gasteiger partial charge in [-0.1, -0.05) is 27.7 Å². The van der Waals surface area contributed by atoms with Crippen molar-refractivity contribution in [3.05, 3.63) is 21.9 Å². The zero-order valence-corrected chi connectivity index (χ0v) is 12.6. The zero-order chi connectivity index (χ0) is 14.4. The van der Waals surface area contributed by atoms with Crippen LogP contribution < -0.4 is 0 Å². The van der Waals surface area contributed by atoms with Gasteiger partial charge < -0.3 is 9.47 Å².